The van der Waals surface area contributed by atoms with Gasteiger partial charge in [-0.15, -0.1) is 0 Å². The van der Waals surface area contributed by atoms with Crippen LogP contribution in [0.3, 0.4) is 0 Å². The number of rotatable bonds is 4. The Morgan fingerprint density at radius 1 is 1.39 bits per heavy atom. The second-order valence-electron chi connectivity index (χ2n) is 6.83. The molecule has 2 aliphatic carbocycles. The van der Waals surface area contributed by atoms with Crippen molar-refractivity contribution in [1.82, 2.24) is 9.55 Å². The highest BCUT2D eigenvalue weighted by molar-refractivity contribution is 6.31. The van der Waals surface area contributed by atoms with Gasteiger partial charge < -0.3 is 9.67 Å². The number of nitrogens with zero attached hydrogens (tertiary/aromatic N) is 2. The molecule has 0 atom stereocenters. The van der Waals surface area contributed by atoms with E-state index in [1.165, 1.54) is 6.42 Å². The molecule has 0 radical (unpaired) electrons. The monoisotopic (exact) mass is 333 g/mol. The van der Waals surface area contributed by atoms with E-state index in [0.29, 0.717) is 29.9 Å². The van der Waals surface area contributed by atoms with Crippen LogP contribution in [-0.4, -0.2) is 26.2 Å². The number of nitrogens with one attached hydrogen (secondary N) is 1. The minimum Gasteiger partial charge on any atom is -0.389 e. The van der Waals surface area contributed by atoms with Gasteiger partial charge in [0.2, 0.25) is 11.9 Å². The van der Waals surface area contributed by atoms with Gasteiger partial charge in [0.1, 0.15) is 0 Å². The number of carbonyl (C=O) groups excluding carboxylic acids is 1. The molecule has 2 aliphatic rings. The van der Waals surface area contributed by atoms with Crippen LogP contribution in [0.25, 0.3) is 11.0 Å². The number of fused-ring (bicyclic) bond motifs is 1. The fourth-order valence-electron chi connectivity index (χ4n) is 3.40. The zero-order valence-corrected chi connectivity index (χ0v) is 13.6. The third-order valence-corrected chi connectivity index (χ3v) is 5.35. The van der Waals surface area contributed by atoms with Crippen molar-refractivity contribution in [3.8, 4) is 0 Å². The molecule has 23 heavy (non-hydrogen) atoms. The van der Waals surface area contributed by atoms with Crippen molar-refractivity contribution in [2.24, 2.45) is 0 Å². The fraction of sp³-hybridized carbons (Fsp3) is 0.529. The molecular formula is C17H20ClN3O2. The molecule has 0 aliphatic heterocycles. The minimum atomic E-state index is -0.819. The number of anilines is 1. The summed E-state index contributed by atoms with van der Waals surface area (Å²) < 4.78 is 2.09. The molecule has 2 saturated carbocycles. The van der Waals surface area contributed by atoms with Crippen molar-refractivity contribution >= 4 is 34.5 Å². The van der Waals surface area contributed by atoms with E-state index in [0.717, 1.165) is 30.3 Å². The standard InChI is InChI=1S/C17H20ClN3O2/c18-11-5-6-13-14(9-11)21(12-3-1-4-12)16(19-13)20-15(22)10-17(23)7-2-8-17/h5-6,9,12,23H,1-4,7-8,10H2,(H,19,20,22). The zero-order valence-electron chi connectivity index (χ0n) is 12.9. The van der Waals surface area contributed by atoms with Crippen molar-refractivity contribution in [3.05, 3.63) is 23.2 Å². The van der Waals surface area contributed by atoms with E-state index in [4.69, 9.17) is 11.6 Å². The van der Waals surface area contributed by atoms with Gasteiger partial charge in [0.25, 0.3) is 0 Å². The molecule has 0 unspecified atom stereocenters. The third kappa shape index (κ3) is 2.72. The van der Waals surface area contributed by atoms with Crippen molar-refractivity contribution in [2.75, 3.05) is 5.32 Å². The number of aromatic nitrogens is 2. The van der Waals surface area contributed by atoms with Gasteiger partial charge in [0.15, 0.2) is 0 Å². The second-order valence-corrected chi connectivity index (χ2v) is 7.26. The molecule has 0 bridgehead atoms. The summed E-state index contributed by atoms with van der Waals surface area (Å²) in [5, 5.41) is 13.7. The number of benzene rings is 1. The maximum Gasteiger partial charge on any atom is 0.229 e. The minimum absolute atomic E-state index is 0.141. The first-order valence-corrected chi connectivity index (χ1v) is 8.62. The summed E-state index contributed by atoms with van der Waals surface area (Å²) in [5.41, 5.74) is 0.972. The number of aliphatic hydroxyl groups is 1. The van der Waals surface area contributed by atoms with Crippen LogP contribution in [-0.2, 0) is 4.79 Å². The molecule has 1 heterocycles. The van der Waals surface area contributed by atoms with Crippen molar-refractivity contribution in [3.63, 3.8) is 0 Å². The van der Waals surface area contributed by atoms with Crippen LogP contribution in [0, 0.1) is 0 Å². The number of hydrogen-bond acceptors (Lipinski definition) is 3. The van der Waals surface area contributed by atoms with E-state index in [-0.39, 0.29) is 12.3 Å². The molecule has 2 fully saturated rings. The molecule has 0 saturated heterocycles. The lowest BCUT2D eigenvalue weighted by Gasteiger charge is -2.36. The fourth-order valence-corrected chi connectivity index (χ4v) is 3.56. The lowest BCUT2D eigenvalue weighted by molar-refractivity contribution is -0.125. The molecule has 4 rings (SSSR count). The average molecular weight is 334 g/mol. The van der Waals surface area contributed by atoms with Gasteiger partial charge in [0.05, 0.1) is 23.1 Å². The molecule has 0 spiro atoms. The van der Waals surface area contributed by atoms with Gasteiger partial charge in [-0.1, -0.05) is 11.6 Å². The molecule has 122 valence electrons. The van der Waals surface area contributed by atoms with Crippen LogP contribution in [0.4, 0.5) is 5.95 Å². The highest BCUT2D eigenvalue weighted by Gasteiger charge is 2.37. The van der Waals surface area contributed by atoms with Crippen LogP contribution >= 0.6 is 11.6 Å². The van der Waals surface area contributed by atoms with Crippen molar-refractivity contribution in [1.29, 1.82) is 0 Å². The molecular weight excluding hydrogens is 314 g/mol. The van der Waals surface area contributed by atoms with Crippen molar-refractivity contribution in [2.45, 2.75) is 56.6 Å². The molecule has 6 heteroatoms. The van der Waals surface area contributed by atoms with Gasteiger partial charge in [-0.25, -0.2) is 4.98 Å². The Labute approximate surface area is 139 Å². The largest absolute Gasteiger partial charge is 0.389 e. The Bertz CT molecular complexity index is 763. The molecule has 1 aromatic carbocycles. The number of hydrogen-bond donors (Lipinski definition) is 2. The van der Waals surface area contributed by atoms with Gasteiger partial charge in [-0.2, -0.15) is 0 Å². The van der Waals surface area contributed by atoms with Gasteiger partial charge in [0, 0.05) is 11.1 Å². The number of carbonyl (C=O) groups is 1. The van der Waals surface area contributed by atoms with Crippen molar-refractivity contribution < 1.29 is 9.90 Å². The van der Waals surface area contributed by atoms with E-state index < -0.39 is 5.60 Å². The third-order valence-electron chi connectivity index (χ3n) is 5.12. The SMILES string of the molecule is O=C(CC1(O)CCC1)Nc1nc2ccc(Cl)cc2n1C1CCC1. The van der Waals surface area contributed by atoms with E-state index >= 15 is 0 Å². The van der Waals surface area contributed by atoms with Crippen LogP contribution in [0.2, 0.25) is 5.02 Å². The van der Waals surface area contributed by atoms with E-state index in [2.05, 4.69) is 14.9 Å². The molecule has 2 N–H and O–H groups in total. The smallest absolute Gasteiger partial charge is 0.229 e. The predicted octanol–water partition coefficient (Wildman–Crippen LogP) is 3.66. The van der Waals surface area contributed by atoms with Gasteiger partial charge >= 0.3 is 0 Å². The second kappa shape index (κ2) is 5.49. The molecule has 1 amide bonds. The highest BCUT2D eigenvalue weighted by atomic mass is 35.5. The van der Waals surface area contributed by atoms with E-state index in [1.807, 2.05) is 18.2 Å². The zero-order chi connectivity index (χ0) is 16.0. The van der Waals surface area contributed by atoms with Crippen LogP contribution < -0.4 is 5.32 Å². The van der Waals surface area contributed by atoms with Crippen LogP contribution in [0.5, 0.6) is 0 Å². The number of imidazole rings is 1. The Balaban J connectivity index is 1.64. The Morgan fingerprint density at radius 3 is 2.78 bits per heavy atom. The first-order chi connectivity index (χ1) is 11.0. The first-order valence-electron chi connectivity index (χ1n) is 8.24. The Hall–Kier alpha value is -1.59. The highest BCUT2D eigenvalue weighted by Crippen LogP contribution is 2.38. The topological polar surface area (TPSA) is 67.2 Å². The Morgan fingerprint density at radius 2 is 2.17 bits per heavy atom. The summed E-state index contributed by atoms with van der Waals surface area (Å²) in [4.78, 5) is 16.9. The summed E-state index contributed by atoms with van der Waals surface area (Å²) >= 11 is 6.12. The van der Waals surface area contributed by atoms with Gasteiger partial charge in [-0.05, 0) is 56.7 Å². The first kappa shape index (κ1) is 15.0. The number of halogens is 1. The molecule has 2 aromatic rings. The summed E-state index contributed by atoms with van der Waals surface area (Å²) in [5.74, 6) is 0.397. The van der Waals surface area contributed by atoms with Crippen LogP contribution in [0.1, 0.15) is 51.0 Å². The maximum absolute atomic E-state index is 12.3. The van der Waals surface area contributed by atoms with Crippen LogP contribution in [0.15, 0.2) is 18.2 Å². The molecule has 1 aromatic heterocycles. The average Bonchev–Trinajstić information content (AvgIpc) is 2.73. The lowest BCUT2D eigenvalue weighted by atomic mass is 9.78. The lowest BCUT2D eigenvalue weighted by Crippen LogP contribution is -2.40. The summed E-state index contributed by atoms with van der Waals surface area (Å²) in [7, 11) is 0. The Kier molecular flexibility index (Phi) is 3.58. The van der Waals surface area contributed by atoms with E-state index in [1.54, 1.807) is 0 Å². The maximum atomic E-state index is 12.3. The van der Waals surface area contributed by atoms with Gasteiger partial charge in [-0.3, -0.25) is 10.1 Å². The normalized spacial score (nSPS) is 20.1. The number of amides is 1. The summed E-state index contributed by atoms with van der Waals surface area (Å²) in [6.07, 6.45) is 5.90. The summed E-state index contributed by atoms with van der Waals surface area (Å²) in [6, 6.07) is 5.95. The molecule has 5 nitrogen and oxygen atoms in total. The summed E-state index contributed by atoms with van der Waals surface area (Å²) in [6.45, 7) is 0. The quantitative estimate of drug-likeness (QED) is 0.897. The predicted molar refractivity (Wildman–Crippen MR) is 89.7 cm³/mol. The van der Waals surface area contributed by atoms with E-state index in [9.17, 15) is 9.90 Å².